The number of carbonyl (C=O) groups is 1. The zero-order chi connectivity index (χ0) is 17.1. The molecule has 8 nitrogen and oxygen atoms in total. The first-order valence-electron chi connectivity index (χ1n) is 7.88. The molecule has 0 bridgehead atoms. The molecule has 0 atom stereocenters. The standard InChI is InChI=1S/C16H19N5O3/c1-10-6-8-21(9-7-10)12-4-2-11(3-5-12)17-14(22)13-15(23)18-16(24)20-19-13/h2-5,10H,6-9H2,1H3,(H,17,22)(H2,18,20,23,24). The van der Waals surface area contributed by atoms with Crippen molar-refractivity contribution in [1.29, 1.82) is 0 Å². The van der Waals surface area contributed by atoms with E-state index in [0.29, 0.717) is 5.69 Å². The molecule has 0 radical (unpaired) electrons. The van der Waals surface area contributed by atoms with Gasteiger partial charge in [-0.25, -0.2) is 9.89 Å². The van der Waals surface area contributed by atoms with Gasteiger partial charge in [0.25, 0.3) is 11.5 Å². The summed E-state index contributed by atoms with van der Waals surface area (Å²) in [6.45, 7) is 4.33. The topological polar surface area (TPSA) is 111 Å². The summed E-state index contributed by atoms with van der Waals surface area (Å²) in [6.07, 6.45) is 2.36. The van der Waals surface area contributed by atoms with Crippen LogP contribution in [0.4, 0.5) is 11.4 Å². The molecule has 0 saturated carbocycles. The Morgan fingerprint density at radius 3 is 2.50 bits per heavy atom. The van der Waals surface area contributed by atoms with Crippen molar-refractivity contribution in [2.45, 2.75) is 19.8 Å². The summed E-state index contributed by atoms with van der Waals surface area (Å²) >= 11 is 0. The fourth-order valence-corrected chi connectivity index (χ4v) is 2.71. The van der Waals surface area contributed by atoms with Crippen LogP contribution in [0.25, 0.3) is 0 Å². The third-order valence-corrected chi connectivity index (χ3v) is 4.20. The van der Waals surface area contributed by atoms with Crippen molar-refractivity contribution in [2.24, 2.45) is 5.92 Å². The average molecular weight is 329 g/mol. The number of anilines is 2. The molecular weight excluding hydrogens is 310 g/mol. The minimum Gasteiger partial charge on any atom is -0.372 e. The Kier molecular flexibility index (Phi) is 4.45. The summed E-state index contributed by atoms with van der Waals surface area (Å²) in [4.78, 5) is 38.8. The molecule has 1 fully saturated rings. The molecule has 0 spiro atoms. The Morgan fingerprint density at radius 1 is 1.21 bits per heavy atom. The van der Waals surface area contributed by atoms with Gasteiger partial charge in [-0.1, -0.05) is 6.92 Å². The van der Waals surface area contributed by atoms with Gasteiger partial charge in [0.1, 0.15) is 0 Å². The lowest BCUT2D eigenvalue weighted by Crippen LogP contribution is -2.33. The number of benzene rings is 1. The van der Waals surface area contributed by atoms with Crippen molar-refractivity contribution < 1.29 is 4.79 Å². The number of hydrogen-bond acceptors (Lipinski definition) is 5. The molecule has 8 heteroatoms. The monoisotopic (exact) mass is 329 g/mol. The maximum absolute atomic E-state index is 12.0. The molecule has 2 heterocycles. The zero-order valence-corrected chi connectivity index (χ0v) is 13.3. The molecule has 1 aliphatic rings. The van der Waals surface area contributed by atoms with Crippen LogP contribution < -0.4 is 21.5 Å². The van der Waals surface area contributed by atoms with Gasteiger partial charge in [-0.05, 0) is 43.0 Å². The number of amides is 1. The molecule has 2 aromatic rings. The van der Waals surface area contributed by atoms with Crippen molar-refractivity contribution in [2.75, 3.05) is 23.3 Å². The molecule has 126 valence electrons. The molecule has 0 unspecified atom stereocenters. The minimum absolute atomic E-state index is 0.385. The van der Waals surface area contributed by atoms with Crippen molar-refractivity contribution in [3.63, 3.8) is 0 Å². The second-order valence-corrected chi connectivity index (χ2v) is 6.03. The lowest BCUT2D eigenvalue weighted by molar-refractivity contribution is 0.101. The van der Waals surface area contributed by atoms with Gasteiger partial charge >= 0.3 is 5.69 Å². The number of aromatic amines is 2. The van der Waals surface area contributed by atoms with Crippen LogP contribution in [0.2, 0.25) is 0 Å². The number of aromatic nitrogens is 3. The third-order valence-electron chi connectivity index (χ3n) is 4.20. The first kappa shape index (κ1) is 16.0. The summed E-state index contributed by atoms with van der Waals surface area (Å²) in [5.74, 6) is 0.0924. The quantitative estimate of drug-likeness (QED) is 0.776. The first-order chi connectivity index (χ1) is 11.5. The second-order valence-electron chi connectivity index (χ2n) is 6.03. The van der Waals surface area contributed by atoms with E-state index in [-0.39, 0.29) is 5.69 Å². The lowest BCUT2D eigenvalue weighted by Gasteiger charge is -2.32. The normalized spacial score (nSPS) is 15.3. The smallest absolute Gasteiger partial charge is 0.342 e. The average Bonchev–Trinajstić information content (AvgIpc) is 2.56. The van der Waals surface area contributed by atoms with Crippen LogP contribution >= 0.6 is 0 Å². The van der Waals surface area contributed by atoms with Gasteiger partial charge in [-0.2, -0.15) is 5.10 Å². The van der Waals surface area contributed by atoms with Gasteiger partial charge < -0.3 is 10.2 Å². The third kappa shape index (κ3) is 3.53. The highest BCUT2D eigenvalue weighted by Crippen LogP contribution is 2.24. The number of rotatable bonds is 3. The predicted molar refractivity (Wildman–Crippen MR) is 90.5 cm³/mol. The van der Waals surface area contributed by atoms with E-state index in [9.17, 15) is 14.4 Å². The van der Waals surface area contributed by atoms with E-state index < -0.39 is 17.2 Å². The highest BCUT2D eigenvalue weighted by atomic mass is 16.2. The van der Waals surface area contributed by atoms with Gasteiger partial charge in [0.15, 0.2) is 0 Å². The van der Waals surface area contributed by atoms with Crippen molar-refractivity contribution in [1.82, 2.24) is 15.2 Å². The number of piperidine rings is 1. The highest BCUT2D eigenvalue weighted by molar-refractivity contribution is 6.02. The molecule has 0 aliphatic carbocycles. The van der Waals surface area contributed by atoms with Gasteiger partial charge in [0.2, 0.25) is 5.69 Å². The Bertz CT molecular complexity index is 832. The molecular formula is C16H19N5O3. The maximum atomic E-state index is 12.0. The summed E-state index contributed by atoms with van der Waals surface area (Å²) in [5, 5.41) is 8.10. The van der Waals surface area contributed by atoms with Crippen LogP contribution in [-0.2, 0) is 0 Å². The number of nitrogens with zero attached hydrogens (tertiary/aromatic N) is 2. The van der Waals surface area contributed by atoms with E-state index >= 15 is 0 Å². The molecule has 24 heavy (non-hydrogen) atoms. The van der Waals surface area contributed by atoms with E-state index in [4.69, 9.17) is 0 Å². The molecule has 1 saturated heterocycles. The lowest BCUT2D eigenvalue weighted by atomic mass is 9.99. The van der Waals surface area contributed by atoms with E-state index in [0.717, 1.165) is 24.7 Å². The van der Waals surface area contributed by atoms with Crippen LogP contribution in [0.15, 0.2) is 33.9 Å². The second kappa shape index (κ2) is 6.69. The number of hydrogen-bond donors (Lipinski definition) is 3. The first-order valence-corrected chi connectivity index (χ1v) is 7.88. The molecule has 1 aromatic carbocycles. The highest BCUT2D eigenvalue weighted by Gasteiger charge is 2.16. The molecule has 3 N–H and O–H groups in total. The Morgan fingerprint density at radius 2 is 1.88 bits per heavy atom. The fraction of sp³-hybridized carbons (Fsp3) is 0.375. The Balaban J connectivity index is 1.68. The molecule has 1 aromatic heterocycles. The van der Waals surface area contributed by atoms with Crippen molar-refractivity contribution >= 4 is 17.3 Å². The van der Waals surface area contributed by atoms with E-state index in [2.05, 4.69) is 22.2 Å². The van der Waals surface area contributed by atoms with Crippen molar-refractivity contribution in [3.8, 4) is 0 Å². The Labute approximate surface area is 137 Å². The van der Waals surface area contributed by atoms with Crippen LogP contribution in [0, 0.1) is 5.92 Å². The molecule has 1 aliphatic heterocycles. The van der Waals surface area contributed by atoms with Gasteiger partial charge in [0, 0.05) is 24.5 Å². The minimum atomic E-state index is -0.824. The number of H-pyrrole nitrogens is 2. The maximum Gasteiger partial charge on any atom is 0.342 e. The number of carbonyl (C=O) groups excluding carboxylic acids is 1. The summed E-state index contributed by atoms with van der Waals surface area (Å²) < 4.78 is 0. The SMILES string of the molecule is CC1CCN(c2ccc(NC(=O)c3n[nH]c(=O)[nH]c3=O)cc2)CC1. The van der Waals surface area contributed by atoms with Gasteiger partial charge in [-0.3, -0.25) is 14.6 Å². The Hall–Kier alpha value is -2.90. The summed E-state index contributed by atoms with van der Waals surface area (Å²) in [7, 11) is 0. The summed E-state index contributed by atoms with van der Waals surface area (Å²) in [6, 6.07) is 7.45. The van der Waals surface area contributed by atoms with E-state index in [1.165, 1.54) is 12.8 Å². The largest absolute Gasteiger partial charge is 0.372 e. The van der Waals surface area contributed by atoms with Crippen LogP contribution in [-0.4, -0.2) is 34.2 Å². The van der Waals surface area contributed by atoms with Crippen LogP contribution in [0.3, 0.4) is 0 Å². The summed E-state index contributed by atoms with van der Waals surface area (Å²) in [5.41, 5.74) is -0.294. The molecule has 3 rings (SSSR count). The van der Waals surface area contributed by atoms with Crippen molar-refractivity contribution in [3.05, 3.63) is 50.8 Å². The predicted octanol–water partition coefficient (Wildman–Crippen LogP) is 0.947. The van der Waals surface area contributed by atoms with E-state index in [1.807, 2.05) is 22.2 Å². The van der Waals surface area contributed by atoms with Gasteiger partial charge in [0.05, 0.1) is 0 Å². The zero-order valence-electron chi connectivity index (χ0n) is 13.3. The van der Waals surface area contributed by atoms with E-state index in [1.54, 1.807) is 12.1 Å². The fourth-order valence-electron chi connectivity index (χ4n) is 2.71. The number of nitrogens with one attached hydrogen (secondary N) is 3. The van der Waals surface area contributed by atoms with Gasteiger partial charge in [-0.15, -0.1) is 0 Å². The van der Waals surface area contributed by atoms with Crippen LogP contribution in [0.1, 0.15) is 30.3 Å². The molecule has 1 amide bonds. The van der Waals surface area contributed by atoms with Crippen LogP contribution in [0.5, 0.6) is 0 Å².